The number of rotatable bonds is 5. The second-order valence-electron chi connectivity index (χ2n) is 12.3. The zero-order chi connectivity index (χ0) is 31.6. The molecule has 1 fully saturated rings. The molecule has 4 aliphatic heterocycles. The largest absolute Gasteiger partial charge is 0.507 e. The Bertz CT molecular complexity index is 1770. The molecule has 3 aromatic rings. The van der Waals surface area contributed by atoms with Gasteiger partial charge in [-0.3, -0.25) is 14.6 Å². The quantitative estimate of drug-likeness (QED) is 0.368. The Morgan fingerprint density at radius 3 is 2.60 bits per heavy atom. The first-order valence-electron chi connectivity index (χ1n) is 15.2. The minimum atomic E-state index is -0.551. The summed E-state index contributed by atoms with van der Waals surface area (Å²) in [5.41, 5.74) is 5.52. The molecule has 10 heteroatoms. The molecule has 2 bridgehead atoms. The summed E-state index contributed by atoms with van der Waals surface area (Å²) < 4.78 is 17.4. The normalized spacial score (nSPS) is 24.8. The van der Waals surface area contributed by atoms with Crippen LogP contribution in [0.15, 0.2) is 42.5 Å². The van der Waals surface area contributed by atoms with Crippen LogP contribution in [0.3, 0.4) is 0 Å². The van der Waals surface area contributed by atoms with Crippen molar-refractivity contribution >= 4 is 12.0 Å². The third-order valence-corrected chi connectivity index (χ3v) is 9.99. The third kappa shape index (κ3) is 4.41. The van der Waals surface area contributed by atoms with Gasteiger partial charge in [0.1, 0.15) is 11.8 Å². The van der Waals surface area contributed by atoms with Crippen LogP contribution in [0, 0.1) is 25.2 Å². The van der Waals surface area contributed by atoms with Crippen molar-refractivity contribution in [2.45, 2.75) is 56.9 Å². The van der Waals surface area contributed by atoms with E-state index in [2.05, 4.69) is 27.3 Å². The zero-order valence-electron chi connectivity index (χ0n) is 25.7. The average Bonchev–Trinajstić information content (AvgIpc) is 3.53. The fourth-order valence-electron chi connectivity index (χ4n) is 8.04. The lowest BCUT2D eigenvalue weighted by Gasteiger charge is -2.60. The molecule has 3 aromatic carbocycles. The monoisotopic (exact) mass is 608 g/mol. The van der Waals surface area contributed by atoms with Crippen LogP contribution in [-0.2, 0) is 17.6 Å². The van der Waals surface area contributed by atoms with Crippen LogP contribution in [0.4, 0.5) is 0 Å². The highest BCUT2D eigenvalue weighted by atomic mass is 16.7. The SMILES string of the molecule is COc1c(C)cc2c(c1O)C1C3Cc4c(O)c(C)c5c(c4[C@H](CNC(=O)/C=C/c4ccccc4)N3[C@@H](C#N)C(C2)N1C)OCO5. The first-order chi connectivity index (χ1) is 21.7. The highest BCUT2D eigenvalue weighted by Crippen LogP contribution is 2.58. The van der Waals surface area contributed by atoms with E-state index in [9.17, 15) is 20.3 Å². The van der Waals surface area contributed by atoms with Gasteiger partial charge in [-0.2, -0.15) is 5.26 Å². The number of hydrogen-bond acceptors (Lipinski definition) is 9. The van der Waals surface area contributed by atoms with E-state index in [1.165, 1.54) is 6.08 Å². The number of aromatic hydroxyl groups is 2. The van der Waals surface area contributed by atoms with Crippen molar-refractivity contribution in [2.75, 3.05) is 27.5 Å². The molecular weight excluding hydrogens is 572 g/mol. The summed E-state index contributed by atoms with van der Waals surface area (Å²) in [7, 11) is 3.55. The van der Waals surface area contributed by atoms with E-state index >= 15 is 0 Å². The Kier molecular flexibility index (Phi) is 7.10. The van der Waals surface area contributed by atoms with Gasteiger partial charge in [-0.25, -0.2) is 0 Å². The number of fused-ring (bicyclic) bond motifs is 9. The molecule has 0 spiro atoms. The molecule has 4 heterocycles. The van der Waals surface area contributed by atoms with Crippen molar-refractivity contribution < 1.29 is 29.2 Å². The Balaban J connectivity index is 1.36. The molecule has 0 aliphatic carbocycles. The standard InChI is InChI=1S/C35H36N4O6/c1-18-12-21-13-23-25(15-36)39-24(30(38(23)3)28(21)32(42)33(18)43-4)14-22-29(35-34(44-17-45-35)19(2)31(22)41)26(39)16-37-27(40)11-10-20-8-6-5-7-9-20/h5-12,23-26,30,41-42H,13-14,16-17H2,1-4H3,(H,37,40)/b11-10+/t23?,24?,25-,26-,30?/m0/s1. The summed E-state index contributed by atoms with van der Waals surface area (Å²) in [6, 6.07) is 12.3. The second-order valence-corrected chi connectivity index (χ2v) is 12.3. The molecule has 10 nitrogen and oxygen atoms in total. The second kappa shape index (κ2) is 11.0. The van der Waals surface area contributed by atoms with Gasteiger partial charge >= 0.3 is 0 Å². The predicted molar refractivity (Wildman–Crippen MR) is 166 cm³/mol. The van der Waals surface area contributed by atoms with Crippen molar-refractivity contribution in [1.82, 2.24) is 15.1 Å². The maximum atomic E-state index is 13.2. The molecule has 5 atom stereocenters. The number of phenols is 2. The highest BCUT2D eigenvalue weighted by Gasteiger charge is 2.56. The molecule has 232 valence electrons. The molecule has 1 amide bonds. The van der Waals surface area contributed by atoms with Crippen LogP contribution >= 0.6 is 0 Å². The van der Waals surface area contributed by atoms with Crippen LogP contribution in [0.5, 0.6) is 28.7 Å². The topological polar surface area (TPSA) is 128 Å². The number of nitrogens with one attached hydrogen (secondary N) is 1. The molecule has 4 aliphatic rings. The van der Waals surface area contributed by atoms with E-state index in [4.69, 9.17) is 14.2 Å². The maximum Gasteiger partial charge on any atom is 0.244 e. The average molecular weight is 609 g/mol. The molecule has 0 aromatic heterocycles. The van der Waals surface area contributed by atoms with Crippen molar-refractivity contribution in [1.29, 1.82) is 5.26 Å². The zero-order valence-corrected chi connectivity index (χ0v) is 25.7. The number of phenolic OH excluding ortho intramolecular Hbond substituents is 2. The van der Waals surface area contributed by atoms with Crippen molar-refractivity contribution in [3.63, 3.8) is 0 Å². The molecule has 1 saturated heterocycles. The number of ether oxygens (including phenoxy) is 3. The van der Waals surface area contributed by atoms with Crippen LogP contribution in [0.2, 0.25) is 0 Å². The lowest BCUT2D eigenvalue weighted by atomic mass is 9.71. The van der Waals surface area contributed by atoms with Gasteiger partial charge in [0, 0.05) is 47.0 Å². The van der Waals surface area contributed by atoms with Crippen LogP contribution in [0.1, 0.15) is 51.0 Å². The van der Waals surface area contributed by atoms with Gasteiger partial charge in [0.25, 0.3) is 0 Å². The number of likely N-dealkylation sites (N-methyl/N-ethyl adjacent to an activating group) is 1. The van der Waals surface area contributed by atoms with Gasteiger partial charge in [0.15, 0.2) is 23.0 Å². The Labute approximate surface area is 262 Å². The number of carbonyl (C=O) groups excluding carboxylic acids is 1. The molecule has 3 N–H and O–H groups in total. The molecule has 45 heavy (non-hydrogen) atoms. The number of piperazine rings is 1. The third-order valence-electron chi connectivity index (χ3n) is 9.99. The first-order valence-corrected chi connectivity index (χ1v) is 15.2. The van der Waals surface area contributed by atoms with Crippen molar-refractivity contribution in [2.24, 2.45) is 0 Å². The number of aryl methyl sites for hydroxylation is 1. The number of nitrogens with zero attached hydrogens (tertiary/aromatic N) is 3. The highest BCUT2D eigenvalue weighted by molar-refractivity contribution is 5.91. The number of amides is 1. The summed E-state index contributed by atoms with van der Waals surface area (Å²) in [6.45, 7) is 3.89. The molecule has 0 radical (unpaired) electrons. The number of benzene rings is 3. The lowest BCUT2D eigenvalue weighted by Crippen LogP contribution is -2.68. The predicted octanol–water partition coefficient (Wildman–Crippen LogP) is 4.05. The molecule has 0 saturated carbocycles. The summed E-state index contributed by atoms with van der Waals surface area (Å²) in [5, 5.41) is 37.0. The van der Waals surface area contributed by atoms with E-state index in [-0.39, 0.29) is 48.9 Å². The Morgan fingerprint density at radius 1 is 1.11 bits per heavy atom. The maximum absolute atomic E-state index is 13.2. The van der Waals surface area contributed by atoms with E-state index in [0.29, 0.717) is 41.2 Å². The minimum Gasteiger partial charge on any atom is -0.507 e. The fraction of sp³-hybridized carbons (Fsp3) is 0.371. The van der Waals surface area contributed by atoms with Gasteiger partial charge in [0.05, 0.1) is 25.3 Å². The van der Waals surface area contributed by atoms with Crippen LogP contribution < -0.4 is 19.5 Å². The minimum absolute atomic E-state index is 0.0183. The van der Waals surface area contributed by atoms with E-state index < -0.39 is 12.1 Å². The lowest BCUT2D eigenvalue weighted by molar-refractivity contribution is -0.117. The van der Waals surface area contributed by atoms with E-state index in [0.717, 1.165) is 27.8 Å². The van der Waals surface area contributed by atoms with Gasteiger partial charge in [-0.15, -0.1) is 0 Å². The Morgan fingerprint density at radius 2 is 1.87 bits per heavy atom. The summed E-state index contributed by atoms with van der Waals surface area (Å²) in [5.74, 6) is 1.40. The van der Waals surface area contributed by atoms with Crippen molar-refractivity contribution in [3.05, 3.63) is 81.4 Å². The van der Waals surface area contributed by atoms with Crippen LogP contribution in [0.25, 0.3) is 6.08 Å². The van der Waals surface area contributed by atoms with Crippen LogP contribution in [-0.4, -0.2) is 71.5 Å². The smallest absolute Gasteiger partial charge is 0.244 e. The summed E-state index contributed by atoms with van der Waals surface area (Å²) >= 11 is 0. The number of carbonyl (C=O) groups is 1. The summed E-state index contributed by atoms with van der Waals surface area (Å²) in [4.78, 5) is 17.5. The molecule has 3 unspecified atom stereocenters. The van der Waals surface area contributed by atoms with E-state index in [1.54, 1.807) is 20.1 Å². The van der Waals surface area contributed by atoms with Gasteiger partial charge in [-0.1, -0.05) is 36.4 Å². The summed E-state index contributed by atoms with van der Waals surface area (Å²) in [6.07, 6.45) is 4.21. The number of nitriles is 1. The fourth-order valence-corrected chi connectivity index (χ4v) is 8.04. The molecule has 7 rings (SSSR count). The van der Waals surface area contributed by atoms with Gasteiger partial charge in [0.2, 0.25) is 12.7 Å². The Hall–Kier alpha value is -4.72. The van der Waals surface area contributed by atoms with Crippen molar-refractivity contribution in [3.8, 4) is 34.8 Å². The van der Waals surface area contributed by atoms with Gasteiger partial charge < -0.3 is 29.7 Å². The first kappa shape index (κ1) is 29.0. The number of methoxy groups -OCH3 is 1. The van der Waals surface area contributed by atoms with E-state index in [1.807, 2.05) is 44.3 Å². The van der Waals surface area contributed by atoms with Gasteiger partial charge in [-0.05, 0) is 56.5 Å². The molecular formula is C35H36N4O6. The number of hydrogen-bond donors (Lipinski definition) is 3.